The fraction of sp³-hybridized carbons (Fsp3) is 0.391. The fourth-order valence-corrected chi connectivity index (χ4v) is 3.31. The van der Waals surface area contributed by atoms with Gasteiger partial charge in [0.15, 0.2) is 24.8 Å². The monoisotopic (exact) mass is 334 g/mol. The van der Waals surface area contributed by atoms with Crippen LogP contribution in [-0.4, -0.2) is 0 Å². The molecule has 1 aromatic carbocycles. The van der Waals surface area contributed by atoms with Crippen molar-refractivity contribution in [2.75, 3.05) is 0 Å². The van der Waals surface area contributed by atoms with Gasteiger partial charge in [0.05, 0.1) is 0 Å². The largest absolute Gasteiger partial charge is 0.205 e. The topological polar surface area (TPSA) is 7.76 Å². The van der Waals surface area contributed by atoms with Crippen LogP contribution in [0.25, 0.3) is 21.9 Å². The van der Waals surface area contributed by atoms with E-state index in [0.717, 1.165) is 13.1 Å². The van der Waals surface area contributed by atoms with E-state index in [0.29, 0.717) is 0 Å². The highest BCUT2D eigenvalue weighted by Crippen LogP contribution is 2.23. The van der Waals surface area contributed by atoms with E-state index in [4.69, 9.17) is 0 Å². The van der Waals surface area contributed by atoms with Crippen molar-refractivity contribution in [3.05, 3.63) is 61.2 Å². The van der Waals surface area contributed by atoms with Crippen LogP contribution in [0.2, 0.25) is 0 Å². The van der Waals surface area contributed by atoms with Crippen molar-refractivity contribution in [2.24, 2.45) is 0 Å². The number of pyridine rings is 2. The Labute approximate surface area is 151 Å². The summed E-state index contributed by atoms with van der Waals surface area (Å²) in [6.45, 7) is 6.56. The Kier molecular flexibility index (Phi) is 6.16. The van der Waals surface area contributed by atoms with Gasteiger partial charge in [0.1, 0.15) is 13.1 Å². The quantitative estimate of drug-likeness (QED) is 0.401. The number of unbranched alkanes of at least 4 members (excludes halogenated alkanes) is 4. The van der Waals surface area contributed by atoms with Gasteiger partial charge in [-0.25, -0.2) is 9.13 Å². The molecule has 0 aliphatic rings. The number of aryl methyl sites for hydroxylation is 2. The van der Waals surface area contributed by atoms with E-state index < -0.39 is 0 Å². The number of hydrogen-bond donors (Lipinski definition) is 0. The minimum absolute atomic E-state index is 1.01. The molecule has 0 saturated carbocycles. The lowest BCUT2D eigenvalue weighted by molar-refractivity contribution is -0.696. The van der Waals surface area contributed by atoms with Gasteiger partial charge >= 0.3 is 0 Å². The number of aromatic nitrogens is 2. The van der Waals surface area contributed by atoms with Crippen molar-refractivity contribution in [2.45, 2.75) is 59.0 Å². The molecule has 0 spiro atoms. The lowest BCUT2D eigenvalue weighted by Gasteiger charge is -2.04. The minimum Gasteiger partial charge on any atom is -0.205 e. The van der Waals surface area contributed by atoms with Crippen LogP contribution in [0.5, 0.6) is 0 Å². The number of benzene rings is 1. The zero-order valence-corrected chi connectivity index (χ0v) is 15.6. The van der Waals surface area contributed by atoms with E-state index in [1.165, 1.54) is 54.0 Å². The Balaban J connectivity index is 1.71. The molecule has 2 aromatic heterocycles. The van der Waals surface area contributed by atoms with Gasteiger partial charge in [-0.1, -0.05) is 32.3 Å². The van der Waals surface area contributed by atoms with Crippen molar-refractivity contribution in [3.8, 4) is 11.1 Å². The third kappa shape index (κ3) is 4.66. The third-order valence-electron chi connectivity index (χ3n) is 4.95. The summed E-state index contributed by atoms with van der Waals surface area (Å²) in [6, 6.07) is 13.4. The van der Waals surface area contributed by atoms with E-state index in [-0.39, 0.29) is 0 Å². The van der Waals surface area contributed by atoms with Gasteiger partial charge in [-0.15, -0.1) is 0 Å². The van der Waals surface area contributed by atoms with E-state index in [2.05, 4.69) is 84.2 Å². The van der Waals surface area contributed by atoms with Crippen molar-refractivity contribution >= 4 is 10.8 Å². The van der Waals surface area contributed by atoms with Gasteiger partial charge in [-0.05, 0) is 42.0 Å². The normalized spacial score (nSPS) is 11.1. The second-order valence-corrected chi connectivity index (χ2v) is 6.86. The zero-order valence-electron chi connectivity index (χ0n) is 15.6. The Morgan fingerprint density at radius 3 is 2.20 bits per heavy atom. The molecule has 0 aliphatic carbocycles. The highest BCUT2D eigenvalue weighted by molar-refractivity contribution is 5.85. The van der Waals surface area contributed by atoms with Crippen molar-refractivity contribution in [3.63, 3.8) is 0 Å². The van der Waals surface area contributed by atoms with Gasteiger partial charge in [0.25, 0.3) is 0 Å². The molecule has 2 heterocycles. The van der Waals surface area contributed by atoms with Crippen molar-refractivity contribution in [1.82, 2.24) is 0 Å². The van der Waals surface area contributed by atoms with E-state index in [9.17, 15) is 0 Å². The zero-order chi connectivity index (χ0) is 17.5. The standard InChI is InChI=1S/C23H30N2/c1-3-5-6-7-8-14-25-17-13-22-18-21(9-10-23(22)19-25)20-11-15-24(4-2)16-12-20/h9-13,15-19H,3-8,14H2,1-2H3/q+2. The maximum absolute atomic E-state index is 2.33. The van der Waals surface area contributed by atoms with E-state index in [1.807, 2.05) is 0 Å². The van der Waals surface area contributed by atoms with Crippen molar-refractivity contribution < 1.29 is 9.13 Å². The molecule has 0 radical (unpaired) electrons. The van der Waals surface area contributed by atoms with Crippen LogP contribution < -0.4 is 9.13 Å². The number of fused-ring (bicyclic) bond motifs is 1. The highest BCUT2D eigenvalue weighted by Gasteiger charge is 2.06. The summed E-state index contributed by atoms with van der Waals surface area (Å²) in [5.41, 5.74) is 2.56. The summed E-state index contributed by atoms with van der Waals surface area (Å²) >= 11 is 0. The first-order chi connectivity index (χ1) is 12.3. The molecular weight excluding hydrogens is 304 g/mol. The molecule has 0 N–H and O–H groups in total. The van der Waals surface area contributed by atoms with Crippen LogP contribution in [0.15, 0.2) is 61.2 Å². The predicted octanol–water partition coefficient (Wildman–Crippen LogP) is 5.07. The molecule has 0 unspecified atom stereocenters. The first-order valence-corrected chi connectivity index (χ1v) is 9.72. The second kappa shape index (κ2) is 8.75. The fourth-order valence-electron chi connectivity index (χ4n) is 3.31. The van der Waals surface area contributed by atoms with E-state index >= 15 is 0 Å². The summed E-state index contributed by atoms with van der Waals surface area (Å²) in [7, 11) is 0. The summed E-state index contributed by atoms with van der Waals surface area (Å²) in [6.07, 6.45) is 15.5. The lowest BCUT2D eigenvalue weighted by Crippen LogP contribution is -2.32. The summed E-state index contributed by atoms with van der Waals surface area (Å²) in [5.74, 6) is 0. The first-order valence-electron chi connectivity index (χ1n) is 9.72. The third-order valence-corrected chi connectivity index (χ3v) is 4.95. The molecule has 0 bridgehead atoms. The van der Waals surface area contributed by atoms with Crippen molar-refractivity contribution in [1.29, 1.82) is 0 Å². The molecular formula is C23H30N2+2. The van der Waals surface area contributed by atoms with Gasteiger partial charge in [0, 0.05) is 30.0 Å². The van der Waals surface area contributed by atoms with Gasteiger partial charge in [0.2, 0.25) is 0 Å². The lowest BCUT2D eigenvalue weighted by atomic mass is 10.0. The average molecular weight is 335 g/mol. The molecule has 0 saturated heterocycles. The minimum atomic E-state index is 1.01. The highest BCUT2D eigenvalue weighted by atomic mass is 14.9. The Bertz CT molecular complexity index is 806. The number of hydrogen-bond acceptors (Lipinski definition) is 0. The molecule has 0 atom stereocenters. The number of nitrogens with zero attached hydrogens (tertiary/aromatic N) is 2. The first kappa shape index (κ1) is 17.6. The smallest absolute Gasteiger partial charge is 0.176 e. The molecule has 2 heteroatoms. The number of rotatable bonds is 8. The summed E-state index contributed by atoms with van der Waals surface area (Å²) < 4.78 is 4.52. The Hall–Kier alpha value is -2.22. The van der Waals surface area contributed by atoms with Crippen LogP contribution in [0, 0.1) is 0 Å². The molecule has 0 fully saturated rings. The molecule has 0 amide bonds. The SMILES string of the molecule is CCCCCCC[n+]1ccc2cc(-c3cc[n+](CC)cc3)ccc2c1. The molecule has 3 rings (SSSR count). The maximum atomic E-state index is 2.33. The Morgan fingerprint density at radius 1 is 0.680 bits per heavy atom. The van der Waals surface area contributed by atoms with Crippen LogP contribution in [0.1, 0.15) is 46.0 Å². The second-order valence-electron chi connectivity index (χ2n) is 6.86. The summed E-state index contributed by atoms with van der Waals surface area (Å²) in [4.78, 5) is 0. The van der Waals surface area contributed by atoms with Crippen LogP contribution in [0.4, 0.5) is 0 Å². The molecule has 2 nitrogen and oxygen atoms in total. The molecule has 0 aliphatic heterocycles. The maximum Gasteiger partial charge on any atom is 0.176 e. The van der Waals surface area contributed by atoms with Crippen LogP contribution in [0.3, 0.4) is 0 Å². The molecule has 3 aromatic rings. The van der Waals surface area contributed by atoms with Crippen LogP contribution in [-0.2, 0) is 13.1 Å². The molecule has 130 valence electrons. The van der Waals surface area contributed by atoms with E-state index in [1.54, 1.807) is 0 Å². The molecule has 25 heavy (non-hydrogen) atoms. The van der Waals surface area contributed by atoms with Gasteiger partial charge < -0.3 is 0 Å². The summed E-state index contributed by atoms with van der Waals surface area (Å²) in [5, 5.41) is 2.63. The van der Waals surface area contributed by atoms with Gasteiger partial charge in [-0.2, -0.15) is 0 Å². The average Bonchev–Trinajstić information content (AvgIpc) is 2.67. The van der Waals surface area contributed by atoms with Gasteiger partial charge in [-0.3, -0.25) is 0 Å². The Morgan fingerprint density at radius 2 is 1.44 bits per heavy atom. The van der Waals surface area contributed by atoms with Crippen LogP contribution >= 0.6 is 0 Å². The predicted molar refractivity (Wildman–Crippen MR) is 104 cm³/mol.